The number of aromatic amines is 1. The van der Waals surface area contributed by atoms with E-state index in [9.17, 15) is 14.4 Å². The maximum atomic E-state index is 12.3. The summed E-state index contributed by atoms with van der Waals surface area (Å²) in [6.07, 6.45) is 1.90. The number of rotatable bonds is 4. The Kier molecular flexibility index (Phi) is 3.97. The summed E-state index contributed by atoms with van der Waals surface area (Å²) in [5, 5.41) is 0. The number of pyridine rings is 1. The third kappa shape index (κ3) is 2.47. The molecule has 1 atom stereocenters. The number of nitrogens with zero attached hydrogens (tertiary/aromatic N) is 2. The van der Waals surface area contributed by atoms with Gasteiger partial charge in [-0.1, -0.05) is 6.92 Å². The number of esters is 1. The molecule has 0 aromatic carbocycles. The fraction of sp³-hybridized carbons (Fsp3) is 0.385. The van der Waals surface area contributed by atoms with Crippen molar-refractivity contribution in [2.45, 2.75) is 25.8 Å². The molecular weight excluding hydrogens is 262 g/mol. The molecule has 1 N–H and O–H groups in total. The minimum absolute atomic E-state index is 0.0334. The van der Waals surface area contributed by atoms with E-state index in [-0.39, 0.29) is 11.9 Å². The van der Waals surface area contributed by atoms with E-state index in [1.54, 1.807) is 19.1 Å². The Hall–Kier alpha value is -2.44. The Morgan fingerprint density at radius 2 is 2.25 bits per heavy atom. The highest BCUT2D eigenvalue weighted by Gasteiger charge is 2.19. The van der Waals surface area contributed by atoms with Crippen molar-refractivity contribution in [1.82, 2.24) is 14.5 Å². The summed E-state index contributed by atoms with van der Waals surface area (Å²) in [6, 6.07) is 2.69. The van der Waals surface area contributed by atoms with Crippen molar-refractivity contribution in [3.05, 3.63) is 39.2 Å². The fourth-order valence-electron chi connectivity index (χ4n) is 2.08. The highest BCUT2D eigenvalue weighted by molar-refractivity contribution is 5.72. The number of aromatic nitrogens is 3. The van der Waals surface area contributed by atoms with Gasteiger partial charge in [0.15, 0.2) is 5.52 Å². The Labute approximate surface area is 114 Å². The summed E-state index contributed by atoms with van der Waals surface area (Å²) >= 11 is 0. The van der Waals surface area contributed by atoms with Crippen LogP contribution in [0.3, 0.4) is 0 Å². The lowest BCUT2D eigenvalue weighted by molar-refractivity contribution is -0.141. The van der Waals surface area contributed by atoms with Crippen LogP contribution in [0.4, 0.5) is 0 Å². The number of ether oxygens (including phenoxy) is 1. The van der Waals surface area contributed by atoms with E-state index in [4.69, 9.17) is 0 Å². The highest BCUT2D eigenvalue weighted by Crippen LogP contribution is 2.13. The summed E-state index contributed by atoms with van der Waals surface area (Å²) in [6.45, 7) is 1.79. The van der Waals surface area contributed by atoms with Crippen molar-refractivity contribution < 1.29 is 9.53 Å². The van der Waals surface area contributed by atoms with Gasteiger partial charge in [0.1, 0.15) is 0 Å². The smallest absolute Gasteiger partial charge is 0.329 e. The second-order valence-corrected chi connectivity index (χ2v) is 4.35. The molecule has 0 aliphatic carbocycles. The predicted molar refractivity (Wildman–Crippen MR) is 72.6 cm³/mol. The van der Waals surface area contributed by atoms with Crippen LogP contribution < -0.4 is 11.2 Å². The first-order valence-corrected chi connectivity index (χ1v) is 6.24. The van der Waals surface area contributed by atoms with Crippen molar-refractivity contribution in [1.29, 1.82) is 0 Å². The second-order valence-electron chi connectivity index (χ2n) is 4.35. The summed E-state index contributed by atoms with van der Waals surface area (Å²) in [5.74, 6) is -0.468. The number of carbonyl (C=O) groups is 1. The molecule has 0 saturated heterocycles. The lowest BCUT2D eigenvalue weighted by Crippen LogP contribution is -2.39. The van der Waals surface area contributed by atoms with E-state index in [0.29, 0.717) is 11.9 Å². The van der Waals surface area contributed by atoms with Crippen molar-refractivity contribution in [3.8, 4) is 0 Å². The van der Waals surface area contributed by atoms with Gasteiger partial charge in [-0.15, -0.1) is 0 Å². The highest BCUT2D eigenvalue weighted by atomic mass is 16.5. The molecule has 7 heteroatoms. The average Bonchev–Trinajstić information content (AvgIpc) is 2.45. The van der Waals surface area contributed by atoms with Crippen LogP contribution in [0.5, 0.6) is 0 Å². The number of carbonyl (C=O) groups excluding carboxylic acids is 1. The standard InChI is InChI=1S/C13H15N3O4/c1-3-8(7-10(17)20-2)16-12(18)11-9(15-13(16)19)5-4-6-14-11/h4-6,8H,3,7H2,1-2H3,(H,15,19)/t8-/m0/s1. The Balaban J connectivity index is 2.61. The third-order valence-corrected chi connectivity index (χ3v) is 3.16. The van der Waals surface area contributed by atoms with E-state index in [2.05, 4.69) is 14.7 Å². The van der Waals surface area contributed by atoms with Gasteiger partial charge in [0.2, 0.25) is 0 Å². The van der Waals surface area contributed by atoms with Crippen LogP contribution in [0, 0.1) is 0 Å². The number of methoxy groups -OCH3 is 1. The molecule has 0 aliphatic heterocycles. The first-order chi connectivity index (χ1) is 9.58. The number of hydrogen-bond donors (Lipinski definition) is 1. The quantitative estimate of drug-likeness (QED) is 0.826. The summed E-state index contributed by atoms with van der Waals surface area (Å²) in [5.41, 5.74) is -0.492. The fourth-order valence-corrected chi connectivity index (χ4v) is 2.08. The Morgan fingerprint density at radius 3 is 2.90 bits per heavy atom. The first-order valence-electron chi connectivity index (χ1n) is 6.24. The molecular formula is C13H15N3O4. The van der Waals surface area contributed by atoms with E-state index in [1.165, 1.54) is 13.3 Å². The predicted octanol–water partition coefficient (Wildman–Crippen LogP) is 0.599. The number of hydrogen-bond acceptors (Lipinski definition) is 5. The minimum atomic E-state index is -0.551. The van der Waals surface area contributed by atoms with E-state index in [1.807, 2.05) is 0 Å². The molecule has 0 saturated carbocycles. The lowest BCUT2D eigenvalue weighted by Gasteiger charge is -2.16. The molecule has 0 aliphatic rings. The van der Waals surface area contributed by atoms with Crippen molar-refractivity contribution in [3.63, 3.8) is 0 Å². The largest absolute Gasteiger partial charge is 0.469 e. The van der Waals surface area contributed by atoms with Crippen molar-refractivity contribution >= 4 is 17.0 Å². The molecule has 0 unspecified atom stereocenters. The molecule has 7 nitrogen and oxygen atoms in total. The first kappa shape index (κ1) is 14.0. The zero-order valence-corrected chi connectivity index (χ0v) is 11.3. The molecule has 20 heavy (non-hydrogen) atoms. The van der Waals surface area contributed by atoms with Crippen molar-refractivity contribution in [2.24, 2.45) is 0 Å². The van der Waals surface area contributed by atoms with Crippen LogP contribution in [-0.4, -0.2) is 27.6 Å². The zero-order valence-electron chi connectivity index (χ0n) is 11.3. The van der Waals surface area contributed by atoms with Gasteiger partial charge in [-0.3, -0.25) is 14.2 Å². The number of nitrogens with one attached hydrogen (secondary N) is 1. The van der Waals surface area contributed by atoms with Gasteiger partial charge in [-0.2, -0.15) is 0 Å². The zero-order chi connectivity index (χ0) is 14.7. The Morgan fingerprint density at radius 1 is 1.50 bits per heavy atom. The summed E-state index contributed by atoms with van der Waals surface area (Å²) in [4.78, 5) is 42.4. The van der Waals surface area contributed by atoms with Crippen LogP contribution in [-0.2, 0) is 9.53 Å². The van der Waals surface area contributed by atoms with Crippen LogP contribution in [0.25, 0.3) is 11.0 Å². The third-order valence-electron chi connectivity index (χ3n) is 3.16. The molecule has 0 spiro atoms. The second kappa shape index (κ2) is 5.68. The van der Waals surface area contributed by atoms with Gasteiger partial charge in [-0.25, -0.2) is 9.78 Å². The number of H-pyrrole nitrogens is 1. The molecule has 0 bridgehead atoms. The molecule has 0 fully saturated rings. The van der Waals surface area contributed by atoms with Gasteiger partial charge in [0.05, 0.1) is 25.1 Å². The van der Waals surface area contributed by atoms with Crippen LogP contribution >= 0.6 is 0 Å². The lowest BCUT2D eigenvalue weighted by atomic mass is 10.1. The summed E-state index contributed by atoms with van der Waals surface area (Å²) < 4.78 is 5.62. The topological polar surface area (TPSA) is 94.1 Å². The molecule has 2 heterocycles. The van der Waals surface area contributed by atoms with Gasteiger partial charge in [-0.05, 0) is 18.6 Å². The monoisotopic (exact) mass is 277 g/mol. The molecule has 106 valence electrons. The molecule has 0 amide bonds. The van der Waals surface area contributed by atoms with Crippen LogP contribution in [0.15, 0.2) is 27.9 Å². The van der Waals surface area contributed by atoms with Gasteiger partial charge < -0.3 is 9.72 Å². The van der Waals surface area contributed by atoms with Crippen LogP contribution in [0.1, 0.15) is 25.8 Å². The van der Waals surface area contributed by atoms with E-state index < -0.39 is 23.3 Å². The van der Waals surface area contributed by atoms with Crippen LogP contribution in [0.2, 0.25) is 0 Å². The van der Waals surface area contributed by atoms with Crippen molar-refractivity contribution in [2.75, 3.05) is 7.11 Å². The minimum Gasteiger partial charge on any atom is -0.469 e. The van der Waals surface area contributed by atoms with E-state index >= 15 is 0 Å². The van der Waals surface area contributed by atoms with Gasteiger partial charge in [0, 0.05) is 6.20 Å². The maximum absolute atomic E-state index is 12.3. The van der Waals surface area contributed by atoms with E-state index in [0.717, 1.165) is 4.57 Å². The maximum Gasteiger partial charge on any atom is 0.329 e. The Bertz CT molecular complexity index is 747. The molecule has 2 rings (SSSR count). The normalized spacial score (nSPS) is 12.3. The summed E-state index contributed by atoms with van der Waals surface area (Å²) in [7, 11) is 1.27. The molecule has 2 aromatic rings. The molecule has 2 aromatic heterocycles. The average molecular weight is 277 g/mol. The SMILES string of the molecule is CC[C@@H](CC(=O)OC)n1c(=O)[nH]c2cccnc2c1=O. The van der Waals surface area contributed by atoms with Gasteiger partial charge >= 0.3 is 11.7 Å². The molecule has 0 radical (unpaired) electrons. The van der Waals surface area contributed by atoms with Gasteiger partial charge in [0.25, 0.3) is 5.56 Å². The number of fused-ring (bicyclic) bond motifs is 1.